The van der Waals surface area contributed by atoms with Crippen LogP contribution in [0, 0.1) is 0 Å². The topological polar surface area (TPSA) is 88.3 Å². The van der Waals surface area contributed by atoms with Crippen LogP contribution in [0.3, 0.4) is 0 Å². The molecule has 0 spiro atoms. The van der Waals surface area contributed by atoms with Crippen molar-refractivity contribution in [3.8, 4) is 0 Å². The van der Waals surface area contributed by atoms with E-state index in [2.05, 4.69) is 10.3 Å². The molecule has 23 heavy (non-hydrogen) atoms. The Kier molecular flexibility index (Phi) is 5.70. The zero-order chi connectivity index (χ0) is 15.5. The van der Waals surface area contributed by atoms with Gasteiger partial charge in [-0.1, -0.05) is 6.07 Å². The number of amides is 2. The lowest BCUT2D eigenvalue weighted by atomic mass is 10.1. The predicted octanol–water partition coefficient (Wildman–Crippen LogP) is 1.45. The zero-order valence-corrected chi connectivity index (χ0v) is 13.9. The number of aromatic nitrogens is 1. The van der Waals surface area contributed by atoms with Crippen LogP contribution in [0.15, 0.2) is 36.0 Å². The Morgan fingerprint density at radius 2 is 2.26 bits per heavy atom. The summed E-state index contributed by atoms with van der Waals surface area (Å²) in [5.74, 6) is -0.590. The van der Waals surface area contributed by atoms with Crippen LogP contribution in [-0.2, 0) is 0 Å². The van der Waals surface area contributed by atoms with Crippen molar-refractivity contribution >= 4 is 35.6 Å². The molecule has 1 aliphatic heterocycles. The molecule has 3 heterocycles. The maximum atomic E-state index is 12.8. The molecule has 0 aromatic carbocycles. The van der Waals surface area contributed by atoms with Crippen molar-refractivity contribution < 1.29 is 9.59 Å². The summed E-state index contributed by atoms with van der Waals surface area (Å²) < 4.78 is 0. The summed E-state index contributed by atoms with van der Waals surface area (Å²) in [6, 6.07) is 5.34. The molecule has 0 radical (unpaired) electrons. The third-order valence-electron chi connectivity index (χ3n) is 3.67. The standard InChI is InChI=1S/C15H16N4O2S.ClH/c16-14(20)11-6-13(22-9-11)15(21)19-5-4-18-8-12(19)10-2-1-3-17-7-10;/h1-3,6-7,9,12,18H,4-5,8H2,(H2,16,20);1H. The normalized spacial score (nSPS) is 17.4. The van der Waals surface area contributed by atoms with Crippen LogP contribution in [-0.4, -0.2) is 41.3 Å². The van der Waals surface area contributed by atoms with Crippen LogP contribution >= 0.6 is 23.7 Å². The van der Waals surface area contributed by atoms with Gasteiger partial charge in [0.2, 0.25) is 5.91 Å². The minimum atomic E-state index is -0.514. The lowest BCUT2D eigenvalue weighted by Crippen LogP contribution is -2.48. The number of thiophene rings is 1. The highest BCUT2D eigenvalue weighted by molar-refractivity contribution is 7.12. The summed E-state index contributed by atoms with van der Waals surface area (Å²) in [6.45, 7) is 2.05. The average molecular weight is 353 g/mol. The number of primary amides is 1. The van der Waals surface area contributed by atoms with E-state index < -0.39 is 5.91 Å². The number of halogens is 1. The second-order valence-electron chi connectivity index (χ2n) is 5.07. The number of carbonyl (C=O) groups is 2. The highest BCUT2D eigenvalue weighted by Crippen LogP contribution is 2.25. The van der Waals surface area contributed by atoms with E-state index >= 15 is 0 Å². The molecule has 1 aliphatic rings. The molecule has 2 aromatic heterocycles. The van der Waals surface area contributed by atoms with Crippen molar-refractivity contribution in [1.82, 2.24) is 15.2 Å². The second kappa shape index (κ2) is 7.54. The van der Waals surface area contributed by atoms with Crippen LogP contribution in [0.25, 0.3) is 0 Å². The van der Waals surface area contributed by atoms with E-state index in [0.29, 0.717) is 23.5 Å². The summed E-state index contributed by atoms with van der Waals surface area (Å²) in [5, 5.41) is 4.92. The van der Waals surface area contributed by atoms with E-state index in [1.165, 1.54) is 11.3 Å². The number of piperazine rings is 1. The van der Waals surface area contributed by atoms with Gasteiger partial charge in [-0.25, -0.2) is 0 Å². The lowest BCUT2D eigenvalue weighted by molar-refractivity contribution is 0.0639. The lowest BCUT2D eigenvalue weighted by Gasteiger charge is -2.36. The van der Waals surface area contributed by atoms with E-state index in [1.54, 1.807) is 23.8 Å². The number of nitrogens with two attached hydrogens (primary N) is 1. The number of nitrogens with one attached hydrogen (secondary N) is 1. The number of carbonyl (C=O) groups excluding carboxylic acids is 2. The van der Waals surface area contributed by atoms with Gasteiger partial charge in [0.15, 0.2) is 0 Å². The highest BCUT2D eigenvalue weighted by atomic mass is 35.5. The Morgan fingerprint density at radius 3 is 2.91 bits per heavy atom. The van der Waals surface area contributed by atoms with Crippen LogP contribution in [0.4, 0.5) is 0 Å². The van der Waals surface area contributed by atoms with E-state index in [0.717, 1.165) is 12.1 Å². The van der Waals surface area contributed by atoms with Crippen molar-refractivity contribution in [2.75, 3.05) is 19.6 Å². The summed E-state index contributed by atoms with van der Waals surface area (Å²) in [7, 11) is 0. The maximum Gasteiger partial charge on any atom is 0.264 e. The SMILES string of the molecule is Cl.NC(=O)c1csc(C(=O)N2CCNCC2c2cccnc2)c1. The Morgan fingerprint density at radius 1 is 1.43 bits per heavy atom. The highest BCUT2D eigenvalue weighted by Gasteiger charge is 2.29. The summed E-state index contributed by atoms with van der Waals surface area (Å²) in [4.78, 5) is 30.4. The summed E-state index contributed by atoms with van der Waals surface area (Å²) >= 11 is 1.25. The number of pyridine rings is 1. The van der Waals surface area contributed by atoms with Crippen LogP contribution in [0.5, 0.6) is 0 Å². The van der Waals surface area contributed by atoms with Crippen molar-refractivity contribution in [3.05, 3.63) is 52.0 Å². The Balaban J connectivity index is 0.00000192. The molecule has 1 saturated heterocycles. The fraction of sp³-hybridized carbons (Fsp3) is 0.267. The van der Waals surface area contributed by atoms with Crippen LogP contribution in [0.2, 0.25) is 0 Å². The van der Waals surface area contributed by atoms with Crippen molar-refractivity contribution in [3.63, 3.8) is 0 Å². The molecule has 1 atom stereocenters. The smallest absolute Gasteiger partial charge is 0.264 e. The number of hydrogen-bond acceptors (Lipinski definition) is 5. The molecule has 1 unspecified atom stereocenters. The van der Waals surface area contributed by atoms with Crippen molar-refractivity contribution in [1.29, 1.82) is 0 Å². The first-order valence-corrected chi connectivity index (χ1v) is 7.84. The quantitative estimate of drug-likeness (QED) is 0.875. The maximum absolute atomic E-state index is 12.8. The molecule has 6 nitrogen and oxygen atoms in total. The van der Waals surface area contributed by atoms with Gasteiger partial charge < -0.3 is 16.0 Å². The van der Waals surface area contributed by atoms with E-state index in [9.17, 15) is 9.59 Å². The predicted molar refractivity (Wildman–Crippen MR) is 91.0 cm³/mol. The first-order valence-electron chi connectivity index (χ1n) is 6.97. The fourth-order valence-electron chi connectivity index (χ4n) is 2.54. The van der Waals surface area contributed by atoms with Gasteiger partial charge >= 0.3 is 0 Å². The fourth-order valence-corrected chi connectivity index (χ4v) is 3.39. The number of rotatable bonds is 3. The van der Waals surface area contributed by atoms with Gasteiger partial charge in [0.05, 0.1) is 16.5 Å². The Hall–Kier alpha value is -1.96. The van der Waals surface area contributed by atoms with Crippen molar-refractivity contribution in [2.45, 2.75) is 6.04 Å². The molecule has 2 aromatic rings. The summed E-state index contributed by atoms with van der Waals surface area (Å²) in [5.41, 5.74) is 6.62. The molecule has 122 valence electrons. The molecule has 3 rings (SSSR count). The third-order valence-corrected chi connectivity index (χ3v) is 4.59. The third kappa shape index (κ3) is 3.69. The second-order valence-corrected chi connectivity index (χ2v) is 5.98. The molecular weight excluding hydrogens is 336 g/mol. The van der Waals surface area contributed by atoms with E-state index in [4.69, 9.17) is 5.73 Å². The minimum Gasteiger partial charge on any atom is -0.366 e. The van der Waals surface area contributed by atoms with Crippen LogP contribution in [0.1, 0.15) is 31.6 Å². The van der Waals surface area contributed by atoms with Gasteiger partial charge in [-0.05, 0) is 17.7 Å². The molecule has 0 saturated carbocycles. The zero-order valence-electron chi connectivity index (χ0n) is 12.3. The monoisotopic (exact) mass is 352 g/mol. The van der Waals surface area contributed by atoms with E-state index in [-0.39, 0.29) is 24.4 Å². The molecule has 0 bridgehead atoms. The van der Waals surface area contributed by atoms with Crippen molar-refractivity contribution in [2.24, 2.45) is 5.73 Å². The molecule has 2 amide bonds. The number of nitrogens with zero attached hydrogens (tertiary/aromatic N) is 2. The molecule has 0 aliphatic carbocycles. The van der Waals surface area contributed by atoms with Gasteiger partial charge in [0, 0.05) is 37.4 Å². The molecule has 8 heteroatoms. The molecular formula is C15H17ClN4O2S. The summed E-state index contributed by atoms with van der Waals surface area (Å²) in [6.07, 6.45) is 3.49. The van der Waals surface area contributed by atoms with Gasteiger partial charge in [-0.15, -0.1) is 23.7 Å². The first kappa shape index (κ1) is 17.4. The average Bonchev–Trinajstić information content (AvgIpc) is 3.05. The van der Waals surface area contributed by atoms with Gasteiger partial charge in [0.1, 0.15) is 0 Å². The molecule has 3 N–H and O–H groups in total. The Labute approximate surface area is 144 Å². The van der Waals surface area contributed by atoms with E-state index in [1.807, 2.05) is 17.0 Å². The van der Waals surface area contributed by atoms with Gasteiger partial charge in [0.25, 0.3) is 5.91 Å². The van der Waals surface area contributed by atoms with Crippen LogP contribution < -0.4 is 11.1 Å². The minimum absolute atomic E-state index is 0. The molecule has 1 fully saturated rings. The first-order chi connectivity index (χ1) is 10.7. The van der Waals surface area contributed by atoms with Gasteiger partial charge in [-0.3, -0.25) is 14.6 Å². The largest absolute Gasteiger partial charge is 0.366 e. The number of hydrogen-bond donors (Lipinski definition) is 2. The Bertz CT molecular complexity index is 692. The van der Waals surface area contributed by atoms with Gasteiger partial charge in [-0.2, -0.15) is 0 Å².